The number of hydrogen-bond acceptors (Lipinski definition) is 6. The lowest BCUT2D eigenvalue weighted by molar-refractivity contribution is -0.196. The van der Waals surface area contributed by atoms with Crippen LogP contribution in [0, 0.1) is 0 Å². The number of nitrogens with zero attached hydrogens (tertiary/aromatic N) is 1. The highest BCUT2D eigenvalue weighted by Gasteiger charge is 2.35. The van der Waals surface area contributed by atoms with E-state index in [1.54, 1.807) is 20.8 Å². The lowest BCUT2D eigenvalue weighted by Gasteiger charge is -2.34. The van der Waals surface area contributed by atoms with Gasteiger partial charge in [0.25, 0.3) is 0 Å². The summed E-state index contributed by atoms with van der Waals surface area (Å²) in [5, 5.41) is 10.7. The van der Waals surface area contributed by atoms with Crippen LogP contribution in [0.15, 0.2) is 61.2 Å². The Morgan fingerprint density at radius 1 is 1.06 bits per heavy atom. The van der Waals surface area contributed by atoms with Crippen molar-refractivity contribution in [2.45, 2.75) is 51.0 Å². The average molecular weight is 468 g/mol. The molecule has 1 aliphatic carbocycles. The molecule has 0 aliphatic heterocycles. The average Bonchev–Trinajstić information content (AvgIpc) is 3.11. The summed E-state index contributed by atoms with van der Waals surface area (Å²) in [6, 6.07) is 15.1. The number of benzene rings is 2. The number of likely N-dealkylation sites (N-methyl/N-ethyl adjacent to an activating group) is 1. The van der Waals surface area contributed by atoms with Gasteiger partial charge in [0.2, 0.25) is 0 Å². The summed E-state index contributed by atoms with van der Waals surface area (Å²) >= 11 is 0. The van der Waals surface area contributed by atoms with E-state index in [0.29, 0.717) is 0 Å². The molecule has 1 unspecified atom stereocenters. The number of aliphatic hydroxyl groups excluding tert-OH is 1. The molecule has 0 heterocycles. The number of amides is 1. The van der Waals surface area contributed by atoms with Gasteiger partial charge in [0, 0.05) is 13.0 Å². The molecule has 2 atom stereocenters. The summed E-state index contributed by atoms with van der Waals surface area (Å²) in [6.45, 7) is 9.00. The largest absolute Gasteiger partial charge is 0.461 e. The summed E-state index contributed by atoms with van der Waals surface area (Å²) in [5.41, 5.74) is 3.76. The summed E-state index contributed by atoms with van der Waals surface area (Å²) in [5.74, 6) is -0.684. The third kappa shape index (κ3) is 6.04. The van der Waals surface area contributed by atoms with Crippen molar-refractivity contribution in [1.29, 1.82) is 0 Å². The van der Waals surface area contributed by atoms with E-state index in [4.69, 9.17) is 14.2 Å². The van der Waals surface area contributed by atoms with Crippen LogP contribution in [-0.4, -0.2) is 60.3 Å². The Morgan fingerprint density at radius 2 is 1.62 bits per heavy atom. The molecule has 0 bridgehead atoms. The van der Waals surface area contributed by atoms with Crippen LogP contribution in [0.25, 0.3) is 11.1 Å². The minimum absolute atomic E-state index is 0.0381. The first-order valence-electron chi connectivity index (χ1n) is 11.3. The maximum atomic E-state index is 13.0. The second-order valence-corrected chi connectivity index (χ2v) is 9.28. The molecule has 182 valence electrons. The summed E-state index contributed by atoms with van der Waals surface area (Å²) in [4.78, 5) is 26.4. The molecule has 0 radical (unpaired) electrons. The molecule has 0 fully saturated rings. The second-order valence-electron chi connectivity index (χ2n) is 9.28. The van der Waals surface area contributed by atoms with E-state index < -0.39 is 30.0 Å². The third-order valence-electron chi connectivity index (χ3n) is 5.66. The first kappa shape index (κ1) is 25.5. The summed E-state index contributed by atoms with van der Waals surface area (Å²) in [7, 11) is 1.47. The summed E-state index contributed by atoms with van der Waals surface area (Å²) < 4.78 is 16.4. The molecule has 2 aromatic carbocycles. The van der Waals surface area contributed by atoms with Gasteiger partial charge in [0.15, 0.2) is 6.29 Å². The van der Waals surface area contributed by atoms with Gasteiger partial charge in [-0.25, -0.2) is 4.79 Å². The van der Waals surface area contributed by atoms with Gasteiger partial charge < -0.3 is 24.2 Å². The van der Waals surface area contributed by atoms with Gasteiger partial charge in [-0.05, 0) is 43.0 Å². The van der Waals surface area contributed by atoms with Crippen molar-refractivity contribution >= 4 is 12.1 Å². The smallest absolute Gasteiger partial charge is 0.409 e. The van der Waals surface area contributed by atoms with Crippen LogP contribution in [0.1, 0.15) is 44.2 Å². The van der Waals surface area contributed by atoms with Crippen LogP contribution in [0.3, 0.4) is 0 Å². The van der Waals surface area contributed by atoms with E-state index in [-0.39, 0.29) is 25.6 Å². The Hall–Kier alpha value is -3.16. The Balaban J connectivity index is 1.73. The number of carbonyl (C=O) groups is 2. The van der Waals surface area contributed by atoms with Crippen molar-refractivity contribution in [2.75, 3.05) is 20.3 Å². The molecule has 7 heteroatoms. The Morgan fingerprint density at radius 3 is 2.15 bits per heavy atom. The molecule has 0 saturated carbocycles. The predicted molar refractivity (Wildman–Crippen MR) is 129 cm³/mol. The molecule has 1 N–H and O–H groups in total. The summed E-state index contributed by atoms with van der Waals surface area (Å²) in [6.07, 6.45) is -0.891. The monoisotopic (exact) mass is 467 g/mol. The van der Waals surface area contributed by atoms with Crippen molar-refractivity contribution in [3.05, 3.63) is 72.3 Å². The van der Waals surface area contributed by atoms with Gasteiger partial charge >= 0.3 is 12.1 Å². The fourth-order valence-corrected chi connectivity index (χ4v) is 4.08. The Bertz CT molecular complexity index is 982. The maximum absolute atomic E-state index is 13.0. The predicted octanol–water partition coefficient (Wildman–Crippen LogP) is 4.49. The number of rotatable bonds is 9. The van der Waals surface area contributed by atoms with Crippen LogP contribution in [0.5, 0.6) is 0 Å². The molecule has 0 spiro atoms. The third-order valence-corrected chi connectivity index (χ3v) is 5.66. The molecule has 1 aliphatic rings. The number of esters is 1. The van der Waals surface area contributed by atoms with Crippen LogP contribution in [0.2, 0.25) is 0 Å². The minimum atomic E-state index is -1.42. The van der Waals surface area contributed by atoms with Gasteiger partial charge in [-0.3, -0.25) is 4.79 Å². The molecule has 7 nitrogen and oxygen atoms in total. The number of fused-ring (bicyclic) bond motifs is 3. The number of aliphatic hydroxyl groups is 1. The molecule has 0 saturated heterocycles. The second kappa shape index (κ2) is 10.8. The quantitative estimate of drug-likeness (QED) is 0.332. The van der Waals surface area contributed by atoms with Crippen LogP contribution in [0.4, 0.5) is 4.79 Å². The highest BCUT2D eigenvalue weighted by Crippen LogP contribution is 2.44. The highest BCUT2D eigenvalue weighted by molar-refractivity contribution is 5.79. The van der Waals surface area contributed by atoms with E-state index in [9.17, 15) is 14.7 Å². The van der Waals surface area contributed by atoms with Gasteiger partial charge in [-0.1, -0.05) is 61.2 Å². The van der Waals surface area contributed by atoms with E-state index in [1.807, 2.05) is 36.4 Å². The van der Waals surface area contributed by atoms with Gasteiger partial charge in [-0.2, -0.15) is 0 Å². The van der Waals surface area contributed by atoms with Crippen LogP contribution in [-0.2, 0) is 19.0 Å². The highest BCUT2D eigenvalue weighted by atomic mass is 16.6. The fraction of sp³-hybridized carbons (Fsp3) is 0.407. The van der Waals surface area contributed by atoms with E-state index in [1.165, 1.54) is 18.0 Å². The molecule has 0 aromatic heterocycles. The Kier molecular flexibility index (Phi) is 8.12. The van der Waals surface area contributed by atoms with Crippen molar-refractivity contribution in [1.82, 2.24) is 4.90 Å². The standard InChI is InChI=1S/C27H33NO6/c1-6-15-32-24(29)16-23(25(30)34-27(2,3)4)28(5)26(31)33-17-22-20-13-9-7-11-18(20)19-12-8-10-14-21(19)22/h6-14,22-23,25,30H,1,15-17H2,2-5H3/t23-,25?/m0/s1. The van der Waals surface area contributed by atoms with Crippen LogP contribution >= 0.6 is 0 Å². The van der Waals surface area contributed by atoms with Gasteiger partial charge in [-0.15, -0.1) is 0 Å². The van der Waals surface area contributed by atoms with E-state index in [0.717, 1.165) is 22.3 Å². The molecule has 34 heavy (non-hydrogen) atoms. The lowest BCUT2D eigenvalue weighted by atomic mass is 9.98. The molecule has 3 rings (SSSR count). The van der Waals surface area contributed by atoms with Crippen molar-refractivity contribution < 1.29 is 28.9 Å². The zero-order valence-electron chi connectivity index (χ0n) is 20.2. The normalized spacial score (nSPS) is 14.5. The van der Waals surface area contributed by atoms with Gasteiger partial charge in [0.05, 0.1) is 18.1 Å². The number of carbonyl (C=O) groups excluding carboxylic acids is 2. The van der Waals surface area contributed by atoms with E-state index in [2.05, 4.69) is 18.7 Å². The first-order valence-corrected chi connectivity index (χ1v) is 11.3. The maximum Gasteiger partial charge on any atom is 0.409 e. The lowest BCUT2D eigenvalue weighted by Crippen LogP contribution is -2.49. The zero-order valence-corrected chi connectivity index (χ0v) is 20.2. The van der Waals surface area contributed by atoms with Crippen LogP contribution < -0.4 is 0 Å². The van der Waals surface area contributed by atoms with Crippen molar-refractivity contribution in [2.24, 2.45) is 0 Å². The molecule has 1 amide bonds. The van der Waals surface area contributed by atoms with Crippen molar-refractivity contribution in [3.8, 4) is 11.1 Å². The first-order chi connectivity index (χ1) is 16.1. The van der Waals surface area contributed by atoms with Crippen molar-refractivity contribution in [3.63, 3.8) is 0 Å². The molecule has 2 aromatic rings. The molecular weight excluding hydrogens is 434 g/mol. The minimum Gasteiger partial charge on any atom is -0.461 e. The van der Waals surface area contributed by atoms with E-state index >= 15 is 0 Å². The Labute approximate surface area is 200 Å². The zero-order chi connectivity index (χ0) is 24.9. The topological polar surface area (TPSA) is 85.3 Å². The fourth-order valence-electron chi connectivity index (χ4n) is 4.08. The SMILES string of the molecule is C=CCOC(=O)C[C@@H](C(O)OC(C)(C)C)N(C)C(=O)OCC1c2ccccc2-c2ccccc21. The van der Waals surface area contributed by atoms with Gasteiger partial charge in [0.1, 0.15) is 13.2 Å². The number of ether oxygens (including phenoxy) is 3. The molecular formula is C27H33NO6. The number of hydrogen-bond donors (Lipinski definition) is 1.